The highest BCUT2D eigenvalue weighted by Gasteiger charge is 2.15. The maximum Gasteiger partial charge on any atom is 0.234 e. The van der Waals surface area contributed by atoms with Crippen molar-refractivity contribution in [1.82, 2.24) is 9.55 Å². The van der Waals surface area contributed by atoms with Crippen LogP contribution >= 0.6 is 35.0 Å². The minimum atomic E-state index is -0.140. The molecule has 1 N–H and O–H groups in total. The Kier molecular flexibility index (Phi) is 6.61. The van der Waals surface area contributed by atoms with Crippen LogP contribution in [0.1, 0.15) is 25.2 Å². The lowest BCUT2D eigenvalue weighted by Crippen LogP contribution is -2.15. The molecular formula is C17H21Cl2N3OS. The van der Waals surface area contributed by atoms with Crippen molar-refractivity contribution in [2.75, 3.05) is 11.1 Å². The van der Waals surface area contributed by atoms with E-state index in [4.69, 9.17) is 23.2 Å². The molecule has 0 aliphatic heterocycles. The second-order valence-corrected chi connectivity index (χ2v) is 7.82. The highest BCUT2D eigenvalue weighted by molar-refractivity contribution is 7.99. The summed E-state index contributed by atoms with van der Waals surface area (Å²) < 4.78 is 2.17. The predicted octanol–water partition coefficient (Wildman–Crippen LogP) is 5.19. The zero-order valence-electron chi connectivity index (χ0n) is 14.2. The van der Waals surface area contributed by atoms with Crippen molar-refractivity contribution >= 4 is 46.6 Å². The van der Waals surface area contributed by atoms with E-state index < -0.39 is 0 Å². The lowest BCUT2D eigenvalue weighted by atomic mass is 10.2. The van der Waals surface area contributed by atoms with Gasteiger partial charge in [0.2, 0.25) is 5.91 Å². The molecule has 1 aromatic carbocycles. The molecule has 2 rings (SSSR count). The number of amides is 1. The van der Waals surface area contributed by atoms with Gasteiger partial charge >= 0.3 is 0 Å². The zero-order valence-corrected chi connectivity index (χ0v) is 16.5. The number of hydrogen-bond donors (Lipinski definition) is 1. The van der Waals surface area contributed by atoms with Crippen molar-refractivity contribution in [2.24, 2.45) is 5.92 Å². The van der Waals surface area contributed by atoms with Gasteiger partial charge in [0.25, 0.3) is 0 Å². The normalized spacial score (nSPS) is 11.1. The highest BCUT2D eigenvalue weighted by Crippen LogP contribution is 2.26. The maximum absolute atomic E-state index is 12.2. The second-order valence-electron chi connectivity index (χ2n) is 6.03. The van der Waals surface area contributed by atoms with E-state index in [0.29, 0.717) is 21.7 Å². The molecule has 0 radical (unpaired) electrons. The Labute approximate surface area is 156 Å². The van der Waals surface area contributed by atoms with E-state index in [1.54, 1.807) is 18.2 Å². The van der Waals surface area contributed by atoms with E-state index >= 15 is 0 Å². The summed E-state index contributed by atoms with van der Waals surface area (Å²) in [7, 11) is 0. The van der Waals surface area contributed by atoms with E-state index in [2.05, 4.69) is 35.6 Å². The van der Waals surface area contributed by atoms with Gasteiger partial charge in [0.1, 0.15) is 0 Å². The summed E-state index contributed by atoms with van der Waals surface area (Å²) in [5, 5.41) is 4.65. The minimum Gasteiger partial charge on any atom is -0.324 e. The monoisotopic (exact) mass is 385 g/mol. The Balaban J connectivity index is 2.04. The summed E-state index contributed by atoms with van der Waals surface area (Å²) in [6, 6.07) is 4.98. The van der Waals surface area contributed by atoms with Crippen molar-refractivity contribution in [3.63, 3.8) is 0 Å². The van der Waals surface area contributed by atoms with Crippen molar-refractivity contribution in [1.29, 1.82) is 0 Å². The average Bonchev–Trinajstić information content (AvgIpc) is 2.76. The number of anilines is 1. The summed E-state index contributed by atoms with van der Waals surface area (Å²) >= 11 is 13.4. The third kappa shape index (κ3) is 4.91. The molecule has 0 saturated heterocycles. The van der Waals surface area contributed by atoms with Crippen LogP contribution in [0.3, 0.4) is 0 Å². The van der Waals surface area contributed by atoms with Crippen LogP contribution in [0.2, 0.25) is 10.0 Å². The van der Waals surface area contributed by atoms with Crippen LogP contribution in [0.15, 0.2) is 23.4 Å². The van der Waals surface area contributed by atoms with Crippen LogP contribution in [-0.2, 0) is 11.3 Å². The molecule has 0 spiro atoms. The molecule has 1 amide bonds. The van der Waals surface area contributed by atoms with Crippen LogP contribution in [0.25, 0.3) is 0 Å². The standard InChI is InChI=1S/C17H21Cl2N3OS/c1-10(2)8-22-12(4)11(3)20-17(22)24-9-16(23)21-15-7-13(18)5-6-14(15)19/h5-7,10H,8-9H2,1-4H3,(H,21,23). The summed E-state index contributed by atoms with van der Waals surface area (Å²) in [5.41, 5.74) is 2.66. The number of hydrogen-bond acceptors (Lipinski definition) is 3. The molecule has 0 saturated carbocycles. The lowest BCUT2D eigenvalue weighted by molar-refractivity contribution is -0.113. The first kappa shape index (κ1) is 19.2. The first-order valence-electron chi connectivity index (χ1n) is 7.69. The van der Waals surface area contributed by atoms with Gasteiger partial charge in [-0.25, -0.2) is 4.98 Å². The van der Waals surface area contributed by atoms with Crippen LogP contribution < -0.4 is 5.32 Å². The summed E-state index contributed by atoms with van der Waals surface area (Å²) in [6.45, 7) is 9.26. The Morgan fingerprint density at radius 1 is 1.33 bits per heavy atom. The number of rotatable bonds is 6. The number of halogens is 2. The molecule has 0 aliphatic carbocycles. The number of aromatic nitrogens is 2. The highest BCUT2D eigenvalue weighted by atomic mass is 35.5. The number of carbonyl (C=O) groups is 1. The van der Waals surface area contributed by atoms with Gasteiger partial charge in [0.05, 0.1) is 22.2 Å². The number of thioether (sulfide) groups is 1. The molecule has 0 atom stereocenters. The van der Waals surface area contributed by atoms with E-state index in [1.165, 1.54) is 11.8 Å². The van der Waals surface area contributed by atoms with Gasteiger partial charge in [-0.2, -0.15) is 0 Å². The van der Waals surface area contributed by atoms with Gasteiger partial charge in [-0.3, -0.25) is 4.79 Å². The maximum atomic E-state index is 12.2. The van der Waals surface area contributed by atoms with Gasteiger partial charge in [-0.1, -0.05) is 48.8 Å². The minimum absolute atomic E-state index is 0.140. The number of nitrogens with one attached hydrogen (secondary N) is 1. The van der Waals surface area contributed by atoms with E-state index in [0.717, 1.165) is 23.1 Å². The SMILES string of the molecule is Cc1nc(SCC(=O)Nc2cc(Cl)ccc2Cl)n(CC(C)C)c1C. The fraction of sp³-hybridized carbons (Fsp3) is 0.412. The number of benzene rings is 1. The molecule has 4 nitrogen and oxygen atoms in total. The van der Waals surface area contributed by atoms with Gasteiger partial charge in [0.15, 0.2) is 5.16 Å². The Hall–Kier alpha value is -1.17. The van der Waals surface area contributed by atoms with Crippen molar-refractivity contribution in [3.05, 3.63) is 39.6 Å². The molecule has 130 valence electrons. The third-order valence-electron chi connectivity index (χ3n) is 3.51. The van der Waals surface area contributed by atoms with Crippen LogP contribution in [0, 0.1) is 19.8 Å². The van der Waals surface area contributed by atoms with Crippen molar-refractivity contribution < 1.29 is 4.79 Å². The van der Waals surface area contributed by atoms with E-state index in [1.807, 2.05) is 6.92 Å². The molecule has 2 aromatic rings. The number of imidazole rings is 1. The number of nitrogens with zero attached hydrogens (tertiary/aromatic N) is 2. The Bertz CT molecular complexity index is 744. The van der Waals surface area contributed by atoms with Gasteiger partial charge < -0.3 is 9.88 Å². The van der Waals surface area contributed by atoms with Crippen molar-refractivity contribution in [3.8, 4) is 0 Å². The molecule has 7 heteroatoms. The second kappa shape index (κ2) is 8.28. The van der Waals surface area contributed by atoms with Crippen molar-refractivity contribution in [2.45, 2.75) is 39.4 Å². The quantitative estimate of drug-likeness (QED) is 0.695. The molecule has 1 heterocycles. The predicted molar refractivity (Wildman–Crippen MR) is 102 cm³/mol. The molecule has 0 aliphatic rings. The molecule has 0 unspecified atom stereocenters. The smallest absolute Gasteiger partial charge is 0.234 e. The number of aryl methyl sites for hydroxylation is 1. The molecule has 24 heavy (non-hydrogen) atoms. The van der Waals surface area contributed by atoms with E-state index in [-0.39, 0.29) is 11.7 Å². The van der Waals surface area contributed by atoms with Crippen LogP contribution in [0.4, 0.5) is 5.69 Å². The third-order valence-corrected chi connectivity index (χ3v) is 5.05. The van der Waals surface area contributed by atoms with Gasteiger partial charge in [0, 0.05) is 17.3 Å². The molecule has 0 fully saturated rings. The first-order chi connectivity index (χ1) is 11.3. The van der Waals surface area contributed by atoms with Crippen LogP contribution in [-0.4, -0.2) is 21.2 Å². The molecular weight excluding hydrogens is 365 g/mol. The van der Waals surface area contributed by atoms with Gasteiger partial charge in [-0.15, -0.1) is 0 Å². The summed E-state index contributed by atoms with van der Waals surface area (Å²) in [6.07, 6.45) is 0. The summed E-state index contributed by atoms with van der Waals surface area (Å²) in [4.78, 5) is 16.8. The summed E-state index contributed by atoms with van der Waals surface area (Å²) in [5.74, 6) is 0.630. The van der Waals surface area contributed by atoms with Crippen LogP contribution in [0.5, 0.6) is 0 Å². The lowest BCUT2D eigenvalue weighted by Gasteiger charge is -2.12. The largest absolute Gasteiger partial charge is 0.324 e. The molecule has 0 bridgehead atoms. The Morgan fingerprint density at radius 3 is 2.71 bits per heavy atom. The zero-order chi connectivity index (χ0) is 17.9. The fourth-order valence-corrected chi connectivity index (χ4v) is 3.46. The van der Waals surface area contributed by atoms with E-state index in [9.17, 15) is 4.79 Å². The molecule has 1 aromatic heterocycles. The average molecular weight is 386 g/mol. The number of carbonyl (C=O) groups excluding carboxylic acids is 1. The first-order valence-corrected chi connectivity index (χ1v) is 9.43. The Morgan fingerprint density at radius 2 is 2.04 bits per heavy atom. The fourth-order valence-electron chi connectivity index (χ4n) is 2.22. The van der Waals surface area contributed by atoms with Gasteiger partial charge in [-0.05, 0) is 38.0 Å². The topological polar surface area (TPSA) is 46.9 Å².